The molecule has 1 aliphatic heterocycles. The molecule has 0 bridgehead atoms. The topological polar surface area (TPSA) is 60.2 Å². The standard InChI is InChI=1S/C17H21N3O/c18-7-4-8-21-17-9-14-10-19-11-15(16(14)12-20-17)13-5-2-1-3-6-13/h1-3,5-6,9,12,15,19H,4,7-8,10-11,18H2. The smallest absolute Gasteiger partial charge is 0.213 e. The number of pyridine rings is 1. The van der Waals surface area contributed by atoms with E-state index < -0.39 is 0 Å². The van der Waals surface area contributed by atoms with Gasteiger partial charge in [0.2, 0.25) is 5.88 Å². The van der Waals surface area contributed by atoms with Gasteiger partial charge in [-0.3, -0.25) is 0 Å². The van der Waals surface area contributed by atoms with E-state index in [0.29, 0.717) is 24.9 Å². The third-order valence-corrected chi connectivity index (χ3v) is 3.84. The number of benzene rings is 1. The first-order valence-electron chi connectivity index (χ1n) is 7.46. The van der Waals surface area contributed by atoms with Crippen LogP contribution in [0.4, 0.5) is 0 Å². The lowest BCUT2D eigenvalue weighted by atomic mass is 9.87. The molecule has 0 spiro atoms. The van der Waals surface area contributed by atoms with E-state index in [1.807, 2.05) is 18.3 Å². The van der Waals surface area contributed by atoms with Crippen molar-refractivity contribution >= 4 is 0 Å². The van der Waals surface area contributed by atoms with Crippen LogP contribution in [0.2, 0.25) is 0 Å². The summed E-state index contributed by atoms with van der Waals surface area (Å²) in [4.78, 5) is 4.45. The molecule has 1 unspecified atom stereocenters. The number of ether oxygens (including phenoxy) is 1. The van der Waals surface area contributed by atoms with E-state index >= 15 is 0 Å². The van der Waals surface area contributed by atoms with E-state index in [-0.39, 0.29) is 0 Å². The van der Waals surface area contributed by atoms with Crippen LogP contribution in [-0.2, 0) is 6.54 Å². The van der Waals surface area contributed by atoms with Crippen LogP contribution < -0.4 is 15.8 Å². The third kappa shape index (κ3) is 3.23. The van der Waals surface area contributed by atoms with Crippen LogP contribution in [0.25, 0.3) is 0 Å². The van der Waals surface area contributed by atoms with Gasteiger partial charge in [-0.25, -0.2) is 4.98 Å². The summed E-state index contributed by atoms with van der Waals surface area (Å²) in [7, 11) is 0. The van der Waals surface area contributed by atoms with Crippen LogP contribution in [0.1, 0.15) is 29.0 Å². The SMILES string of the molecule is NCCCOc1cc2c(cn1)C(c1ccccc1)CNC2. The molecule has 0 aliphatic carbocycles. The van der Waals surface area contributed by atoms with Crippen molar-refractivity contribution in [3.8, 4) is 5.88 Å². The van der Waals surface area contributed by atoms with Crippen molar-refractivity contribution in [2.24, 2.45) is 5.73 Å². The van der Waals surface area contributed by atoms with Gasteiger partial charge in [0, 0.05) is 31.3 Å². The van der Waals surface area contributed by atoms with Crippen molar-refractivity contribution in [2.45, 2.75) is 18.9 Å². The number of nitrogens with zero attached hydrogens (tertiary/aromatic N) is 1. The number of rotatable bonds is 5. The second-order valence-corrected chi connectivity index (χ2v) is 5.31. The summed E-state index contributed by atoms with van der Waals surface area (Å²) in [6, 6.07) is 12.6. The normalized spacial score (nSPS) is 17.3. The summed E-state index contributed by atoms with van der Waals surface area (Å²) in [5.74, 6) is 1.05. The lowest BCUT2D eigenvalue weighted by Crippen LogP contribution is -2.29. The molecule has 3 rings (SSSR count). The van der Waals surface area contributed by atoms with Gasteiger partial charge in [0.15, 0.2) is 0 Å². The summed E-state index contributed by atoms with van der Waals surface area (Å²) < 4.78 is 5.63. The Bertz CT molecular complexity index is 586. The van der Waals surface area contributed by atoms with Crippen LogP contribution in [0.15, 0.2) is 42.6 Å². The average molecular weight is 283 g/mol. The fourth-order valence-electron chi connectivity index (χ4n) is 2.74. The van der Waals surface area contributed by atoms with Gasteiger partial charge in [0.1, 0.15) is 0 Å². The zero-order chi connectivity index (χ0) is 14.5. The number of nitrogens with two attached hydrogens (primary N) is 1. The molecule has 0 radical (unpaired) electrons. The van der Waals surface area contributed by atoms with Crippen molar-refractivity contribution in [1.82, 2.24) is 10.3 Å². The third-order valence-electron chi connectivity index (χ3n) is 3.84. The van der Waals surface area contributed by atoms with Gasteiger partial charge >= 0.3 is 0 Å². The van der Waals surface area contributed by atoms with Gasteiger partial charge in [0.25, 0.3) is 0 Å². The summed E-state index contributed by atoms with van der Waals surface area (Å²) in [5.41, 5.74) is 9.37. The zero-order valence-corrected chi connectivity index (χ0v) is 12.1. The lowest BCUT2D eigenvalue weighted by Gasteiger charge is -2.26. The minimum Gasteiger partial charge on any atom is -0.478 e. The first-order chi connectivity index (χ1) is 10.4. The van der Waals surface area contributed by atoms with Crippen molar-refractivity contribution < 1.29 is 4.74 Å². The van der Waals surface area contributed by atoms with Gasteiger partial charge in [-0.1, -0.05) is 30.3 Å². The Hall–Kier alpha value is -1.91. The molecular weight excluding hydrogens is 262 g/mol. The number of fused-ring (bicyclic) bond motifs is 1. The monoisotopic (exact) mass is 283 g/mol. The van der Waals surface area contributed by atoms with E-state index in [1.165, 1.54) is 16.7 Å². The maximum atomic E-state index is 5.63. The molecule has 2 aromatic rings. The highest BCUT2D eigenvalue weighted by atomic mass is 16.5. The van der Waals surface area contributed by atoms with Crippen molar-refractivity contribution in [3.63, 3.8) is 0 Å². The molecule has 0 amide bonds. The first-order valence-corrected chi connectivity index (χ1v) is 7.46. The summed E-state index contributed by atoms with van der Waals surface area (Å²) in [6.45, 7) is 3.08. The Kier molecular flexibility index (Phi) is 4.48. The molecule has 2 heterocycles. The second-order valence-electron chi connectivity index (χ2n) is 5.31. The summed E-state index contributed by atoms with van der Waals surface area (Å²) in [6.07, 6.45) is 2.81. The molecule has 4 nitrogen and oxygen atoms in total. The quantitative estimate of drug-likeness (QED) is 0.825. The molecule has 1 aliphatic rings. The molecule has 0 saturated carbocycles. The maximum absolute atomic E-state index is 5.63. The number of hydrogen-bond donors (Lipinski definition) is 2. The lowest BCUT2D eigenvalue weighted by molar-refractivity contribution is 0.300. The maximum Gasteiger partial charge on any atom is 0.213 e. The molecule has 0 fully saturated rings. The van der Waals surface area contributed by atoms with Crippen molar-refractivity contribution in [1.29, 1.82) is 0 Å². The molecule has 21 heavy (non-hydrogen) atoms. The predicted octanol–water partition coefficient (Wildman–Crippen LogP) is 2.04. The fraction of sp³-hybridized carbons (Fsp3) is 0.353. The summed E-state index contributed by atoms with van der Waals surface area (Å²) in [5, 5.41) is 3.48. The molecular formula is C17H21N3O. The van der Waals surface area contributed by atoms with E-state index in [0.717, 1.165) is 19.5 Å². The van der Waals surface area contributed by atoms with Gasteiger partial charge in [0.05, 0.1) is 6.61 Å². The van der Waals surface area contributed by atoms with Crippen LogP contribution >= 0.6 is 0 Å². The molecule has 0 saturated heterocycles. The Morgan fingerprint density at radius 1 is 1.29 bits per heavy atom. The molecule has 110 valence electrons. The highest BCUT2D eigenvalue weighted by molar-refractivity contribution is 5.40. The molecule has 3 N–H and O–H groups in total. The molecule has 1 aromatic heterocycles. The van der Waals surface area contributed by atoms with Crippen LogP contribution in [0.3, 0.4) is 0 Å². The number of aromatic nitrogens is 1. The Morgan fingerprint density at radius 2 is 2.14 bits per heavy atom. The van der Waals surface area contributed by atoms with Gasteiger partial charge < -0.3 is 15.8 Å². The van der Waals surface area contributed by atoms with Gasteiger partial charge in [-0.2, -0.15) is 0 Å². The highest BCUT2D eigenvalue weighted by Crippen LogP contribution is 2.30. The van der Waals surface area contributed by atoms with Crippen molar-refractivity contribution in [3.05, 3.63) is 59.3 Å². The van der Waals surface area contributed by atoms with E-state index in [4.69, 9.17) is 10.5 Å². The van der Waals surface area contributed by atoms with Crippen LogP contribution in [0.5, 0.6) is 5.88 Å². The first kappa shape index (κ1) is 14.0. The number of hydrogen-bond acceptors (Lipinski definition) is 4. The van der Waals surface area contributed by atoms with E-state index in [1.54, 1.807) is 0 Å². The second kappa shape index (κ2) is 6.70. The van der Waals surface area contributed by atoms with Crippen molar-refractivity contribution in [2.75, 3.05) is 19.7 Å². The van der Waals surface area contributed by atoms with Gasteiger partial charge in [-0.15, -0.1) is 0 Å². The molecule has 1 aromatic carbocycles. The largest absolute Gasteiger partial charge is 0.478 e. The minimum absolute atomic E-state index is 0.362. The summed E-state index contributed by atoms with van der Waals surface area (Å²) >= 11 is 0. The Balaban J connectivity index is 1.82. The average Bonchev–Trinajstić information content (AvgIpc) is 2.55. The van der Waals surface area contributed by atoms with Crippen LogP contribution in [0, 0.1) is 0 Å². The van der Waals surface area contributed by atoms with Crippen LogP contribution in [-0.4, -0.2) is 24.7 Å². The zero-order valence-electron chi connectivity index (χ0n) is 12.1. The molecule has 4 heteroatoms. The highest BCUT2D eigenvalue weighted by Gasteiger charge is 2.22. The van der Waals surface area contributed by atoms with E-state index in [9.17, 15) is 0 Å². The minimum atomic E-state index is 0.362. The predicted molar refractivity (Wildman–Crippen MR) is 83.4 cm³/mol. The Labute approximate surface area is 125 Å². The van der Waals surface area contributed by atoms with E-state index in [2.05, 4.69) is 34.6 Å². The Morgan fingerprint density at radius 3 is 2.95 bits per heavy atom. The van der Waals surface area contributed by atoms with Gasteiger partial charge in [-0.05, 0) is 29.7 Å². The molecule has 1 atom stereocenters. The number of nitrogens with one attached hydrogen (secondary N) is 1. The fourth-order valence-corrected chi connectivity index (χ4v) is 2.74.